The first-order valence-electron chi connectivity index (χ1n) is 14.0. The molecule has 0 radical (unpaired) electrons. The van der Waals surface area contributed by atoms with Crippen LogP contribution in [0.5, 0.6) is 0 Å². The van der Waals surface area contributed by atoms with Crippen molar-refractivity contribution in [2.45, 2.75) is 13.3 Å². The van der Waals surface area contributed by atoms with Gasteiger partial charge in [0.15, 0.2) is 0 Å². The molecule has 220 valence electrons. The van der Waals surface area contributed by atoms with E-state index in [1.165, 1.54) is 23.5 Å². The first kappa shape index (κ1) is 28.1. The molecule has 0 unspecified atom stereocenters. The Morgan fingerprint density at radius 2 is 1.91 bits per heavy atom. The average Bonchev–Trinajstić information content (AvgIpc) is 3.63. The smallest absolute Gasteiger partial charge is 0.276 e. The minimum atomic E-state index is -0.506. The largest absolute Gasteiger partial charge is 0.345 e. The van der Waals surface area contributed by atoms with Gasteiger partial charge in [-0.15, -0.1) is 17.8 Å². The highest BCUT2D eigenvalue weighted by atomic mass is 32.1. The number of halogens is 2. The Kier molecular flexibility index (Phi) is 6.95. The Morgan fingerprint density at radius 1 is 1.07 bits per heavy atom. The number of hydrogen-bond acceptors (Lipinski definition) is 5. The molecule has 0 atom stereocenters. The topological polar surface area (TPSA) is 91.0 Å². The molecule has 10 heteroatoms. The standard InChI is InChI=1S/C35H23F2N5O2S/c1-3-20-10-11-23-29(14-20)42(13-12-21-15-30(45-32(21)23)34(43)41-31-19(2)6-4-7-26(31)37)35(44)28-9-5-8-27(40-28)25-18-39-33-24(25)16-22(36)17-38-33/h1,4-11,14-18H,12-13H2,2H3,(H,38,39)(H,41,43). The number of nitrogens with zero attached hydrogens (tertiary/aromatic N) is 3. The number of terminal acetylenes is 1. The van der Waals surface area contributed by atoms with Crippen LogP contribution >= 0.6 is 11.3 Å². The number of carbonyl (C=O) groups is 2. The van der Waals surface area contributed by atoms with Crippen molar-refractivity contribution in [1.29, 1.82) is 0 Å². The van der Waals surface area contributed by atoms with Crippen LogP contribution in [0.3, 0.4) is 0 Å². The second-order valence-electron chi connectivity index (χ2n) is 10.6. The molecule has 6 aromatic rings. The lowest BCUT2D eigenvalue weighted by molar-refractivity contribution is 0.0981. The van der Waals surface area contributed by atoms with Gasteiger partial charge >= 0.3 is 0 Å². The maximum absolute atomic E-state index is 14.4. The van der Waals surface area contributed by atoms with Crippen LogP contribution in [0.1, 0.15) is 36.9 Å². The molecule has 7 nitrogen and oxygen atoms in total. The third-order valence-electron chi connectivity index (χ3n) is 7.78. The average molecular weight is 616 g/mol. The van der Waals surface area contributed by atoms with Gasteiger partial charge in [0.2, 0.25) is 0 Å². The summed E-state index contributed by atoms with van der Waals surface area (Å²) in [6.07, 6.45) is 9.02. The predicted molar refractivity (Wildman–Crippen MR) is 171 cm³/mol. The Bertz CT molecular complexity index is 2190. The van der Waals surface area contributed by atoms with Crippen LogP contribution in [0.4, 0.5) is 20.2 Å². The van der Waals surface area contributed by atoms with Crippen LogP contribution in [0.25, 0.3) is 32.7 Å². The van der Waals surface area contributed by atoms with E-state index in [9.17, 15) is 18.4 Å². The van der Waals surface area contributed by atoms with Crippen LogP contribution in [0.15, 0.2) is 79.1 Å². The Balaban J connectivity index is 1.24. The van der Waals surface area contributed by atoms with E-state index in [1.54, 1.807) is 66.6 Å². The summed E-state index contributed by atoms with van der Waals surface area (Å²) in [5.41, 5.74) is 5.41. The summed E-state index contributed by atoms with van der Waals surface area (Å²) in [5, 5.41) is 3.27. The molecule has 7 rings (SSSR count). The minimum absolute atomic E-state index is 0.144. The second kappa shape index (κ2) is 11.1. The number of aromatic amines is 1. The van der Waals surface area contributed by atoms with Crippen molar-refractivity contribution in [2.24, 2.45) is 0 Å². The summed E-state index contributed by atoms with van der Waals surface area (Å²) in [6.45, 7) is 2.03. The number of carbonyl (C=O) groups excluding carboxylic acids is 2. The molecule has 0 fully saturated rings. The summed E-state index contributed by atoms with van der Waals surface area (Å²) in [7, 11) is 0. The normalized spacial score (nSPS) is 12.3. The molecule has 1 aliphatic rings. The monoisotopic (exact) mass is 615 g/mol. The molecule has 2 aromatic carbocycles. The number of nitrogens with one attached hydrogen (secondary N) is 2. The number of pyridine rings is 2. The number of aromatic nitrogens is 3. The fraction of sp³-hybridized carbons (Fsp3) is 0.0857. The van der Waals surface area contributed by atoms with E-state index in [4.69, 9.17) is 6.42 Å². The van der Waals surface area contributed by atoms with Crippen LogP contribution in [-0.4, -0.2) is 33.3 Å². The number of rotatable bonds is 4. The Labute approximate surface area is 260 Å². The number of fused-ring (bicyclic) bond motifs is 4. The molecule has 0 saturated heterocycles. The van der Waals surface area contributed by atoms with Crippen molar-refractivity contribution in [2.75, 3.05) is 16.8 Å². The SMILES string of the molecule is C#Cc1ccc2c(c1)N(C(=O)c1cccc(-c3c[nH]c4ncc(F)cc34)n1)CCc1cc(C(=O)Nc3c(C)cccc3F)sc1-2. The van der Waals surface area contributed by atoms with Gasteiger partial charge in [0, 0.05) is 39.7 Å². The maximum Gasteiger partial charge on any atom is 0.276 e. The van der Waals surface area contributed by atoms with Crippen LogP contribution < -0.4 is 10.2 Å². The number of hydrogen-bond donors (Lipinski definition) is 2. The van der Waals surface area contributed by atoms with Gasteiger partial charge < -0.3 is 15.2 Å². The van der Waals surface area contributed by atoms with Crippen LogP contribution in [-0.2, 0) is 6.42 Å². The third kappa shape index (κ3) is 5.03. The lowest BCUT2D eigenvalue weighted by Gasteiger charge is -2.23. The van der Waals surface area contributed by atoms with Crippen LogP contribution in [0.2, 0.25) is 0 Å². The molecule has 0 saturated carbocycles. The van der Waals surface area contributed by atoms with Gasteiger partial charge in [-0.2, -0.15) is 0 Å². The van der Waals surface area contributed by atoms with E-state index >= 15 is 0 Å². The van der Waals surface area contributed by atoms with Gasteiger partial charge in [-0.25, -0.2) is 18.7 Å². The first-order chi connectivity index (χ1) is 21.8. The molecular weight excluding hydrogens is 592 g/mol. The van der Waals surface area contributed by atoms with Crippen molar-refractivity contribution in [1.82, 2.24) is 15.0 Å². The lowest BCUT2D eigenvalue weighted by atomic mass is 10.0. The summed E-state index contributed by atoms with van der Waals surface area (Å²) in [6, 6.07) is 18.3. The predicted octanol–water partition coefficient (Wildman–Crippen LogP) is 7.38. The second-order valence-corrected chi connectivity index (χ2v) is 11.6. The first-order valence-corrected chi connectivity index (χ1v) is 14.8. The highest BCUT2D eigenvalue weighted by Gasteiger charge is 2.29. The number of benzene rings is 2. The van der Waals surface area contributed by atoms with Gasteiger partial charge in [-0.1, -0.05) is 30.2 Å². The van der Waals surface area contributed by atoms with E-state index < -0.39 is 17.5 Å². The van der Waals surface area contributed by atoms with Crippen molar-refractivity contribution >= 4 is 45.6 Å². The van der Waals surface area contributed by atoms with E-state index in [0.717, 1.165) is 22.2 Å². The van der Waals surface area contributed by atoms with E-state index in [1.807, 2.05) is 6.07 Å². The lowest BCUT2D eigenvalue weighted by Crippen LogP contribution is -2.33. The van der Waals surface area contributed by atoms with Gasteiger partial charge in [0.05, 0.1) is 28.1 Å². The number of aryl methyl sites for hydroxylation is 1. The highest BCUT2D eigenvalue weighted by molar-refractivity contribution is 7.17. The van der Waals surface area contributed by atoms with Gasteiger partial charge in [0.25, 0.3) is 11.8 Å². The van der Waals surface area contributed by atoms with Crippen molar-refractivity contribution in [3.05, 3.63) is 118 Å². The molecule has 2 amide bonds. The van der Waals surface area contributed by atoms with E-state index in [0.29, 0.717) is 56.9 Å². The van der Waals surface area contributed by atoms with Gasteiger partial charge in [-0.3, -0.25) is 9.59 Å². The Morgan fingerprint density at radius 3 is 2.73 bits per heavy atom. The van der Waals surface area contributed by atoms with Gasteiger partial charge in [-0.05, 0) is 66.9 Å². The molecule has 45 heavy (non-hydrogen) atoms. The van der Waals surface area contributed by atoms with Crippen molar-refractivity contribution < 1.29 is 18.4 Å². The van der Waals surface area contributed by atoms with Gasteiger partial charge in [0.1, 0.15) is 23.0 Å². The molecular formula is C35H23F2N5O2S. The maximum atomic E-state index is 14.4. The quantitative estimate of drug-likeness (QED) is 0.203. The zero-order valence-corrected chi connectivity index (χ0v) is 24.6. The molecule has 5 heterocycles. The van der Waals surface area contributed by atoms with Crippen molar-refractivity contribution in [3.63, 3.8) is 0 Å². The number of para-hydroxylation sites is 1. The molecule has 2 N–H and O–H groups in total. The summed E-state index contributed by atoms with van der Waals surface area (Å²) < 4.78 is 28.4. The molecule has 0 spiro atoms. The number of anilines is 2. The van der Waals surface area contributed by atoms with Crippen molar-refractivity contribution in [3.8, 4) is 34.0 Å². The summed E-state index contributed by atoms with van der Waals surface area (Å²) in [4.78, 5) is 42.0. The van der Waals surface area contributed by atoms with Crippen LogP contribution in [0, 0.1) is 30.9 Å². The Hall–Kier alpha value is -5.66. The minimum Gasteiger partial charge on any atom is -0.345 e. The highest BCUT2D eigenvalue weighted by Crippen LogP contribution is 2.42. The fourth-order valence-corrected chi connectivity index (χ4v) is 6.69. The molecule has 0 aliphatic carbocycles. The molecule has 4 aromatic heterocycles. The number of H-pyrrole nitrogens is 1. The number of thiophene rings is 1. The van der Waals surface area contributed by atoms with E-state index in [-0.39, 0.29) is 17.3 Å². The molecule has 1 aliphatic heterocycles. The zero-order chi connectivity index (χ0) is 31.2. The fourth-order valence-electron chi connectivity index (χ4n) is 5.55. The molecule has 0 bridgehead atoms. The number of amides is 2. The third-order valence-corrected chi connectivity index (χ3v) is 8.99. The summed E-state index contributed by atoms with van der Waals surface area (Å²) in [5.74, 6) is 0.914. The zero-order valence-electron chi connectivity index (χ0n) is 23.8. The summed E-state index contributed by atoms with van der Waals surface area (Å²) >= 11 is 1.28. The van der Waals surface area contributed by atoms with E-state index in [2.05, 4.69) is 26.2 Å².